The minimum Gasteiger partial charge on any atom is -0.370 e. The number of benzene rings is 1. The molecule has 6 rings (SSSR count). The molecule has 0 aliphatic heterocycles. The van der Waals surface area contributed by atoms with Gasteiger partial charge in [0.15, 0.2) is 5.65 Å². The van der Waals surface area contributed by atoms with Gasteiger partial charge >= 0.3 is 0 Å². The summed E-state index contributed by atoms with van der Waals surface area (Å²) in [5.74, 6) is 3.32. The Labute approximate surface area is 207 Å². The monoisotopic (exact) mass is 472 g/mol. The number of anilines is 2. The Hall–Kier alpha value is -3.09. The van der Waals surface area contributed by atoms with Gasteiger partial charge in [-0.2, -0.15) is 9.61 Å². The van der Waals surface area contributed by atoms with E-state index in [1.54, 1.807) is 0 Å². The maximum atomic E-state index is 12.6. The van der Waals surface area contributed by atoms with Gasteiger partial charge in [-0.25, -0.2) is 4.98 Å². The molecule has 0 bridgehead atoms. The molecule has 3 saturated carbocycles. The highest BCUT2D eigenvalue weighted by Crippen LogP contribution is 2.33. The summed E-state index contributed by atoms with van der Waals surface area (Å²) in [5, 5.41) is 15.2. The zero-order chi connectivity index (χ0) is 23.9. The van der Waals surface area contributed by atoms with Crippen LogP contribution in [0.5, 0.6) is 0 Å². The molecule has 1 amide bonds. The third-order valence-corrected chi connectivity index (χ3v) is 7.88. The first-order chi connectivity index (χ1) is 17.0. The molecule has 3 aromatic rings. The molecule has 1 aromatic carbocycles. The van der Waals surface area contributed by atoms with Gasteiger partial charge in [0.25, 0.3) is 5.91 Å². The molecule has 35 heavy (non-hydrogen) atoms. The van der Waals surface area contributed by atoms with E-state index < -0.39 is 0 Å². The molecule has 7 nitrogen and oxygen atoms in total. The number of fused-ring (bicyclic) bond motifs is 1. The minimum atomic E-state index is 0.0224. The van der Waals surface area contributed by atoms with E-state index in [-0.39, 0.29) is 5.91 Å². The number of carbonyl (C=O) groups excluding carboxylic acids is 1. The highest BCUT2D eigenvalue weighted by atomic mass is 16.1. The number of nitrogens with one attached hydrogen (secondary N) is 3. The van der Waals surface area contributed by atoms with Crippen molar-refractivity contribution in [2.24, 2.45) is 11.8 Å². The Balaban J connectivity index is 1.34. The molecule has 2 aromatic heterocycles. The van der Waals surface area contributed by atoms with E-state index in [1.807, 2.05) is 29.8 Å². The maximum Gasteiger partial charge on any atom is 0.251 e. The normalized spacial score (nSPS) is 22.2. The lowest BCUT2D eigenvalue weighted by Crippen LogP contribution is -2.30. The molecule has 0 saturated heterocycles. The quantitative estimate of drug-likeness (QED) is 0.408. The third kappa shape index (κ3) is 4.86. The average Bonchev–Trinajstić information content (AvgIpc) is 3.78. The largest absolute Gasteiger partial charge is 0.370 e. The molecule has 7 heteroatoms. The van der Waals surface area contributed by atoms with Gasteiger partial charge in [0, 0.05) is 35.8 Å². The van der Waals surface area contributed by atoms with Crippen LogP contribution in [0.15, 0.2) is 30.5 Å². The van der Waals surface area contributed by atoms with Crippen molar-refractivity contribution < 1.29 is 4.79 Å². The lowest BCUT2D eigenvalue weighted by Gasteiger charge is -2.30. The molecule has 2 atom stereocenters. The molecular formula is C28H36N6O. The van der Waals surface area contributed by atoms with E-state index in [0.29, 0.717) is 18.0 Å². The Bertz CT molecular complexity index is 1240. The van der Waals surface area contributed by atoms with Crippen molar-refractivity contribution >= 4 is 23.2 Å². The van der Waals surface area contributed by atoms with Gasteiger partial charge in [0.05, 0.1) is 6.20 Å². The summed E-state index contributed by atoms with van der Waals surface area (Å²) in [6.07, 6.45) is 11.7. The zero-order valence-corrected chi connectivity index (χ0v) is 20.8. The summed E-state index contributed by atoms with van der Waals surface area (Å²) in [6, 6.07) is 8.96. The summed E-state index contributed by atoms with van der Waals surface area (Å²) >= 11 is 0. The van der Waals surface area contributed by atoms with Gasteiger partial charge in [-0.15, -0.1) is 0 Å². The number of carbonyl (C=O) groups is 1. The number of aromatic nitrogens is 3. The second-order valence-electron chi connectivity index (χ2n) is 10.9. The molecule has 3 aliphatic rings. The van der Waals surface area contributed by atoms with Crippen molar-refractivity contribution in [3.8, 4) is 11.1 Å². The van der Waals surface area contributed by atoms with Crippen molar-refractivity contribution in [1.82, 2.24) is 19.9 Å². The Morgan fingerprint density at radius 2 is 1.91 bits per heavy atom. The smallest absolute Gasteiger partial charge is 0.251 e. The van der Waals surface area contributed by atoms with Crippen molar-refractivity contribution in [3.05, 3.63) is 41.6 Å². The van der Waals surface area contributed by atoms with Gasteiger partial charge in [-0.3, -0.25) is 4.79 Å². The molecule has 0 spiro atoms. The number of hydrogen-bond donors (Lipinski definition) is 3. The standard InChI is InChI=1S/C28H36N6O/c1-17-5-3-4-6-24(17)32-25-14-26(29-15-19-7-8-19)34-27(33-25)23(16-30-34)20-9-12-22(18(2)13-20)28(35)31-21-10-11-21/h9,12-14,16-17,19,21,24,29H,3-8,10-11,15H2,1-2H3,(H,31,35)(H,32,33)/t17-,24+/m1/s1. The van der Waals surface area contributed by atoms with Gasteiger partial charge in [-0.1, -0.05) is 31.9 Å². The van der Waals surface area contributed by atoms with Crippen LogP contribution in [0.3, 0.4) is 0 Å². The van der Waals surface area contributed by atoms with Crippen LogP contribution in [-0.4, -0.2) is 39.1 Å². The zero-order valence-electron chi connectivity index (χ0n) is 20.8. The molecule has 0 radical (unpaired) electrons. The van der Waals surface area contributed by atoms with Crippen molar-refractivity contribution in [1.29, 1.82) is 0 Å². The summed E-state index contributed by atoms with van der Waals surface area (Å²) in [5.41, 5.74) is 4.57. The first kappa shape index (κ1) is 22.4. The van der Waals surface area contributed by atoms with Crippen LogP contribution in [0.2, 0.25) is 0 Å². The summed E-state index contributed by atoms with van der Waals surface area (Å²) < 4.78 is 1.93. The third-order valence-electron chi connectivity index (χ3n) is 7.88. The number of hydrogen-bond acceptors (Lipinski definition) is 5. The van der Waals surface area contributed by atoms with E-state index >= 15 is 0 Å². The lowest BCUT2D eigenvalue weighted by atomic mass is 9.86. The van der Waals surface area contributed by atoms with Crippen LogP contribution >= 0.6 is 0 Å². The molecule has 3 fully saturated rings. The highest BCUT2D eigenvalue weighted by Gasteiger charge is 2.26. The van der Waals surface area contributed by atoms with E-state index in [9.17, 15) is 4.79 Å². The molecular weight excluding hydrogens is 436 g/mol. The van der Waals surface area contributed by atoms with Gasteiger partial charge in [-0.05, 0) is 74.5 Å². The number of rotatable bonds is 8. The first-order valence-electron chi connectivity index (χ1n) is 13.4. The molecule has 184 valence electrons. The predicted octanol–water partition coefficient (Wildman–Crippen LogP) is 5.41. The SMILES string of the molecule is Cc1cc(-c2cnn3c(NCC4CC4)cc(N[C@H]4CCCC[C@H]4C)nc23)ccc1C(=O)NC1CC1. The Morgan fingerprint density at radius 3 is 2.66 bits per heavy atom. The van der Waals surface area contributed by atoms with Gasteiger partial charge in [0.1, 0.15) is 11.6 Å². The second kappa shape index (κ2) is 9.17. The number of amides is 1. The fraction of sp³-hybridized carbons (Fsp3) is 0.536. The van der Waals surface area contributed by atoms with Crippen LogP contribution in [0.4, 0.5) is 11.6 Å². The van der Waals surface area contributed by atoms with Gasteiger partial charge in [0.2, 0.25) is 0 Å². The van der Waals surface area contributed by atoms with Crippen LogP contribution in [0.1, 0.15) is 74.2 Å². The number of aryl methyl sites for hydroxylation is 1. The number of nitrogens with zero attached hydrogens (tertiary/aromatic N) is 3. The Kier molecular flexibility index (Phi) is 5.86. The fourth-order valence-corrected chi connectivity index (χ4v) is 5.23. The van der Waals surface area contributed by atoms with Crippen LogP contribution in [-0.2, 0) is 0 Å². The van der Waals surface area contributed by atoms with Gasteiger partial charge < -0.3 is 16.0 Å². The molecule has 2 heterocycles. The van der Waals surface area contributed by atoms with Crippen molar-refractivity contribution in [3.63, 3.8) is 0 Å². The van der Waals surface area contributed by atoms with E-state index in [2.05, 4.69) is 35.0 Å². The predicted molar refractivity (Wildman–Crippen MR) is 140 cm³/mol. The average molecular weight is 473 g/mol. The minimum absolute atomic E-state index is 0.0224. The molecule has 3 N–H and O–H groups in total. The fourth-order valence-electron chi connectivity index (χ4n) is 5.23. The van der Waals surface area contributed by atoms with E-state index in [4.69, 9.17) is 10.1 Å². The Morgan fingerprint density at radius 1 is 1.09 bits per heavy atom. The summed E-state index contributed by atoms with van der Waals surface area (Å²) in [6.45, 7) is 5.32. The molecule has 0 unspecified atom stereocenters. The molecule has 3 aliphatic carbocycles. The van der Waals surface area contributed by atoms with Crippen LogP contribution in [0, 0.1) is 18.8 Å². The van der Waals surface area contributed by atoms with Crippen molar-refractivity contribution in [2.75, 3.05) is 17.2 Å². The second-order valence-corrected chi connectivity index (χ2v) is 10.9. The first-order valence-corrected chi connectivity index (χ1v) is 13.4. The van der Waals surface area contributed by atoms with E-state index in [0.717, 1.165) is 64.8 Å². The highest BCUT2D eigenvalue weighted by molar-refractivity contribution is 5.97. The maximum absolute atomic E-state index is 12.6. The van der Waals surface area contributed by atoms with E-state index in [1.165, 1.54) is 38.5 Å². The lowest BCUT2D eigenvalue weighted by molar-refractivity contribution is 0.0950. The topological polar surface area (TPSA) is 83.3 Å². The summed E-state index contributed by atoms with van der Waals surface area (Å²) in [4.78, 5) is 17.7. The van der Waals surface area contributed by atoms with Crippen molar-refractivity contribution in [2.45, 2.75) is 77.3 Å². The van der Waals surface area contributed by atoms with Crippen LogP contribution in [0.25, 0.3) is 16.8 Å². The van der Waals surface area contributed by atoms with Crippen LogP contribution < -0.4 is 16.0 Å². The summed E-state index contributed by atoms with van der Waals surface area (Å²) in [7, 11) is 0.